The van der Waals surface area contributed by atoms with Gasteiger partial charge in [-0.05, 0) is 53.4 Å². The molecule has 3 aromatic carbocycles. The molecule has 0 atom stereocenters. The van der Waals surface area contributed by atoms with Crippen LogP contribution >= 0.6 is 0 Å². The van der Waals surface area contributed by atoms with Gasteiger partial charge in [-0.25, -0.2) is 0 Å². The number of fused-ring (bicyclic) bond motifs is 1. The summed E-state index contributed by atoms with van der Waals surface area (Å²) in [7, 11) is 0. The number of nitrogens with one attached hydrogen (secondary N) is 1. The molecule has 0 fully saturated rings. The first kappa shape index (κ1) is 23.6. The van der Waals surface area contributed by atoms with Crippen molar-refractivity contribution in [2.24, 2.45) is 0 Å². The Hall–Kier alpha value is -5.14. The van der Waals surface area contributed by atoms with Crippen molar-refractivity contribution < 1.29 is 9.59 Å². The molecule has 7 nitrogen and oxygen atoms in total. The Labute approximate surface area is 215 Å². The second kappa shape index (κ2) is 10.2. The normalized spacial score (nSPS) is 12.4. The first-order chi connectivity index (χ1) is 18.1. The Bertz CT molecular complexity index is 1550. The molecule has 1 aliphatic heterocycles. The van der Waals surface area contributed by atoms with E-state index >= 15 is 0 Å². The lowest BCUT2D eigenvalue weighted by Gasteiger charge is -2.28. The highest BCUT2D eigenvalue weighted by Crippen LogP contribution is 2.25. The fourth-order valence-electron chi connectivity index (χ4n) is 4.40. The molecular formula is C30H23N5O2. The molecule has 0 saturated carbocycles. The Kier molecular flexibility index (Phi) is 6.52. The van der Waals surface area contributed by atoms with E-state index in [0.29, 0.717) is 30.8 Å². The summed E-state index contributed by atoms with van der Waals surface area (Å²) in [4.78, 5) is 28.1. The molecule has 7 heteroatoms. The van der Waals surface area contributed by atoms with E-state index in [9.17, 15) is 9.59 Å². The minimum absolute atomic E-state index is 0.196. The van der Waals surface area contributed by atoms with E-state index in [0.717, 1.165) is 23.2 Å². The zero-order chi connectivity index (χ0) is 25.8. The van der Waals surface area contributed by atoms with Crippen LogP contribution in [0.25, 0.3) is 0 Å². The Morgan fingerprint density at radius 1 is 1.00 bits per heavy atom. The van der Waals surface area contributed by atoms with Gasteiger partial charge in [0.05, 0.1) is 29.9 Å². The van der Waals surface area contributed by atoms with Gasteiger partial charge >= 0.3 is 0 Å². The number of hydrogen-bond donors (Lipinski definition) is 1. The lowest BCUT2D eigenvalue weighted by atomic mass is 10.0. The summed E-state index contributed by atoms with van der Waals surface area (Å²) in [5.41, 5.74) is 5.54. The summed E-state index contributed by atoms with van der Waals surface area (Å²) in [6.45, 7) is 0.929. The van der Waals surface area contributed by atoms with E-state index in [2.05, 4.69) is 28.5 Å². The summed E-state index contributed by atoms with van der Waals surface area (Å²) in [5, 5.41) is 16.1. The molecule has 0 saturated heterocycles. The van der Waals surface area contributed by atoms with Gasteiger partial charge in [0.25, 0.3) is 11.8 Å². The van der Waals surface area contributed by atoms with Crippen LogP contribution in [0.3, 0.4) is 0 Å². The third-order valence-corrected chi connectivity index (χ3v) is 6.30. The second-order valence-electron chi connectivity index (χ2n) is 8.77. The number of carbonyl (C=O) groups excluding carboxylic acids is 2. The molecule has 0 aliphatic carbocycles. The van der Waals surface area contributed by atoms with Crippen molar-refractivity contribution in [3.63, 3.8) is 0 Å². The summed E-state index contributed by atoms with van der Waals surface area (Å²) in [6, 6.07) is 24.8. The van der Waals surface area contributed by atoms with Crippen molar-refractivity contribution in [2.75, 3.05) is 16.8 Å². The first-order valence-electron chi connectivity index (χ1n) is 11.8. The van der Waals surface area contributed by atoms with Gasteiger partial charge in [0, 0.05) is 24.3 Å². The van der Waals surface area contributed by atoms with Crippen LogP contribution < -0.4 is 10.2 Å². The zero-order valence-corrected chi connectivity index (χ0v) is 20.0. The fraction of sp³-hybridized carbons (Fsp3) is 0.133. The van der Waals surface area contributed by atoms with Gasteiger partial charge in [-0.3, -0.25) is 14.3 Å². The highest BCUT2D eigenvalue weighted by Gasteiger charge is 2.32. The van der Waals surface area contributed by atoms with Crippen LogP contribution in [0.15, 0.2) is 79.0 Å². The number of amides is 2. The number of aromatic nitrogens is 2. The molecule has 0 unspecified atom stereocenters. The van der Waals surface area contributed by atoms with Gasteiger partial charge in [0.1, 0.15) is 5.69 Å². The number of nitriles is 1. The Morgan fingerprint density at radius 2 is 1.70 bits per heavy atom. The van der Waals surface area contributed by atoms with Crippen molar-refractivity contribution in [2.45, 2.75) is 19.4 Å². The lowest BCUT2D eigenvalue weighted by Crippen LogP contribution is -2.41. The summed E-state index contributed by atoms with van der Waals surface area (Å²) in [5.74, 6) is 1.92. The largest absolute Gasteiger partial charge is 0.322 e. The minimum Gasteiger partial charge on any atom is -0.322 e. The van der Waals surface area contributed by atoms with Crippen LogP contribution in [-0.2, 0) is 19.4 Å². The van der Waals surface area contributed by atoms with E-state index in [1.54, 1.807) is 33.8 Å². The molecule has 0 spiro atoms. The predicted molar refractivity (Wildman–Crippen MR) is 141 cm³/mol. The predicted octanol–water partition coefficient (Wildman–Crippen LogP) is 4.43. The van der Waals surface area contributed by atoms with Gasteiger partial charge in [-0.2, -0.15) is 10.4 Å². The molecule has 0 bridgehead atoms. The molecule has 2 heterocycles. The SMILES string of the molecule is C#CCc1ccc(Cc2ccc(N3CCn4ncc(C(=O)Nc5cccc(C#N)c5)c4C3=O)cc2)cc1. The van der Waals surface area contributed by atoms with E-state index in [-0.39, 0.29) is 17.2 Å². The van der Waals surface area contributed by atoms with Crippen LogP contribution in [0, 0.1) is 23.7 Å². The molecule has 1 aliphatic rings. The van der Waals surface area contributed by atoms with Crippen LogP contribution in [0.1, 0.15) is 43.1 Å². The van der Waals surface area contributed by atoms with Crippen LogP contribution in [0.5, 0.6) is 0 Å². The molecule has 4 aromatic rings. The van der Waals surface area contributed by atoms with E-state index in [1.807, 2.05) is 42.5 Å². The molecular weight excluding hydrogens is 462 g/mol. The first-order valence-corrected chi connectivity index (χ1v) is 11.8. The lowest BCUT2D eigenvalue weighted by molar-refractivity contribution is 0.0947. The number of anilines is 2. The molecule has 0 radical (unpaired) electrons. The quantitative estimate of drug-likeness (QED) is 0.409. The van der Waals surface area contributed by atoms with Gasteiger partial charge in [-0.1, -0.05) is 42.5 Å². The van der Waals surface area contributed by atoms with Crippen molar-refractivity contribution in [1.29, 1.82) is 5.26 Å². The number of rotatable bonds is 6. The molecule has 37 heavy (non-hydrogen) atoms. The molecule has 180 valence electrons. The smallest absolute Gasteiger partial charge is 0.277 e. The molecule has 1 aromatic heterocycles. The second-order valence-corrected chi connectivity index (χ2v) is 8.77. The monoisotopic (exact) mass is 485 g/mol. The molecule has 2 amide bonds. The average Bonchev–Trinajstić information content (AvgIpc) is 3.36. The van der Waals surface area contributed by atoms with Gasteiger partial charge in [-0.15, -0.1) is 12.3 Å². The van der Waals surface area contributed by atoms with Crippen molar-refractivity contribution in [3.8, 4) is 18.4 Å². The standard InChI is InChI=1S/C30H23N5O2/c1-2-4-21-7-9-22(10-8-21)17-23-11-13-26(14-12-23)34-15-16-35-28(30(34)37)27(20-32-35)29(36)33-25-6-3-5-24(18-25)19-31/h1,3,5-14,18,20H,4,15-17H2,(H,33,36). The number of terminal acetylenes is 1. The number of carbonyl (C=O) groups is 2. The van der Waals surface area contributed by atoms with Crippen molar-refractivity contribution >= 4 is 23.2 Å². The fourth-order valence-corrected chi connectivity index (χ4v) is 4.40. The Balaban J connectivity index is 1.31. The third-order valence-electron chi connectivity index (χ3n) is 6.30. The van der Waals surface area contributed by atoms with E-state index < -0.39 is 5.91 Å². The maximum atomic E-state index is 13.4. The van der Waals surface area contributed by atoms with Crippen LogP contribution in [-0.4, -0.2) is 28.1 Å². The average molecular weight is 486 g/mol. The van der Waals surface area contributed by atoms with Crippen LogP contribution in [0.4, 0.5) is 11.4 Å². The highest BCUT2D eigenvalue weighted by molar-refractivity contribution is 6.15. The third kappa shape index (κ3) is 4.98. The van der Waals surface area contributed by atoms with Crippen molar-refractivity contribution in [1.82, 2.24) is 9.78 Å². The topological polar surface area (TPSA) is 91.0 Å². The maximum absolute atomic E-state index is 13.4. The minimum atomic E-state index is -0.449. The van der Waals surface area contributed by atoms with Gasteiger partial charge in [0.15, 0.2) is 0 Å². The Morgan fingerprint density at radius 3 is 2.41 bits per heavy atom. The maximum Gasteiger partial charge on any atom is 0.277 e. The highest BCUT2D eigenvalue weighted by atomic mass is 16.2. The summed E-state index contributed by atoms with van der Waals surface area (Å²) in [6.07, 6.45) is 8.19. The van der Waals surface area contributed by atoms with E-state index in [4.69, 9.17) is 11.7 Å². The van der Waals surface area contributed by atoms with Crippen LogP contribution in [0.2, 0.25) is 0 Å². The number of nitrogens with zero attached hydrogens (tertiary/aromatic N) is 4. The molecule has 1 N–H and O–H groups in total. The van der Waals surface area contributed by atoms with E-state index in [1.165, 1.54) is 11.8 Å². The summed E-state index contributed by atoms with van der Waals surface area (Å²) < 4.78 is 1.57. The van der Waals surface area contributed by atoms with Gasteiger partial charge < -0.3 is 10.2 Å². The summed E-state index contributed by atoms with van der Waals surface area (Å²) >= 11 is 0. The van der Waals surface area contributed by atoms with Gasteiger partial charge in [0.2, 0.25) is 0 Å². The number of benzene rings is 3. The molecule has 5 rings (SSSR count). The number of hydrogen-bond acceptors (Lipinski definition) is 4. The zero-order valence-electron chi connectivity index (χ0n) is 20.0. The van der Waals surface area contributed by atoms with Crippen molar-refractivity contribution in [3.05, 3.63) is 113 Å².